The van der Waals surface area contributed by atoms with Crippen LogP contribution in [-0.2, 0) is 9.59 Å². The van der Waals surface area contributed by atoms with Crippen LogP contribution in [0.3, 0.4) is 0 Å². The summed E-state index contributed by atoms with van der Waals surface area (Å²) in [6, 6.07) is -2.11. The molecule has 1 saturated carbocycles. The maximum atomic E-state index is 11.5. The second kappa shape index (κ2) is 5.51. The van der Waals surface area contributed by atoms with Crippen molar-refractivity contribution in [2.75, 3.05) is 0 Å². The van der Waals surface area contributed by atoms with E-state index in [0.29, 0.717) is 0 Å². The third-order valence-electron chi connectivity index (χ3n) is 2.38. The summed E-state index contributed by atoms with van der Waals surface area (Å²) in [5, 5.41) is 15.9. The lowest BCUT2D eigenvalue weighted by molar-refractivity contribution is -0.138. The van der Waals surface area contributed by atoms with Gasteiger partial charge in [0.1, 0.15) is 12.1 Å². The van der Waals surface area contributed by atoms with Gasteiger partial charge in [-0.25, -0.2) is 4.79 Å². The first-order valence-electron chi connectivity index (χ1n) is 5.50. The maximum absolute atomic E-state index is 11.5. The summed E-state index contributed by atoms with van der Waals surface area (Å²) >= 11 is 0. The quantitative estimate of drug-likeness (QED) is 0.518. The van der Waals surface area contributed by atoms with Crippen molar-refractivity contribution >= 4 is 17.9 Å². The number of aliphatic carboxylic acids is 1. The minimum atomic E-state index is -1.13. The molecule has 96 valence electrons. The second-order valence-corrected chi connectivity index (χ2v) is 4.18. The van der Waals surface area contributed by atoms with Gasteiger partial charge in [-0.05, 0) is 26.7 Å². The first kappa shape index (κ1) is 13.3. The molecule has 1 aliphatic rings. The van der Waals surface area contributed by atoms with Crippen molar-refractivity contribution < 1.29 is 19.5 Å². The Morgan fingerprint density at radius 2 is 1.65 bits per heavy atom. The Hall–Kier alpha value is -1.79. The standard InChI is InChI=1S/C10H17N3O4/c1-5(8(14)13-7-3-4-7)11-10(17)12-6(2)9(15)16/h5-7H,3-4H2,1-2H3,(H,13,14)(H,15,16)(H2,11,12,17)/t5?,6-/m0/s1. The van der Waals surface area contributed by atoms with E-state index >= 15 is 0 Å². The molecule has 0 aromatic heterocycles. The first-order valence-corrected chi connectivity index (χ1v) is 5.50. The third kappa shape index (κ3) is 4.71. The van der Waals surface area contributed by atoms with Crippen molar-refractivity contribution in [1.29, 1.82) is 0 Å². The highest BCUT2D eigenvalue weighted by Crippen LogP contribution is 2.18. The first-order chi connectivity index (χ1) is 7.90. The van der Waals surface area contributed by atoms with Crippen molar-refractivity contribution in [2.45, 2.75) is 44.8 Å². The summed E-state index contributed by atoms with van der Waals surface area (Å²) in [7, 11) is 0. The molecule has 1 rings (SSSR count). The van der Waals surface area contributed by atoms with Crippen LogP contribution in [0.2, 0.25) is 0 Å². The van der Waals surface area contributed by atoms with Gasteiger partial charge in [0, 0.05) is 6.04 Å². The summed E-state index contributed by atoms with van der Waals surface area (Å²) < 4.78 is 0. The lowest BCUT2D eigenvalue weighted by Crippen LogP contribution is -2.51. The molecule has 3 amide bonds. The molecule has 1 fully saturated rings. The number of rotatable bonds is 5. The Kier molecular flexibility index (Phi) is 4.30. The van der Waals surface area contributed by atoms with Crippen molar-refractivity contribution in [2.24, 2.45) is 0 Å². The normalized spacial score (nSPS) is 17.8. The van der Waals surface area contributed by atoms with Crippen LogP contribution in [-0.4, -0.2) is 41.1 Å². The van der Waals surface area contributed by atoms with Gasteiger partial charge >= 0.3 is 12.0 Å². The average molecular weight is 243 g/mol. The van der Waals surface area contributed by atoms with Gasteiger partial charge in [-0.1, -0.05) is 0 Å². The number of carbonyl (C=O) groups is 3. The van der Waals surface area contributed by atoms with Gasteiger partial charge in [0.2, 0.25) is 5.91 Å². The highest BCUT2D eigenvalue weighted by molar-refractivity contribution is 5.88. The SMILES string of the molecule is CC(NC(=O)N[C@@H](C)C(=O)O)C(=O)NC1CC1. The number of hydrogen-bond donors (Lipinski definition) is 4. The van der Waals surface area contributed by atoms with Crippen LogP contribution in [0.1, 0.15) is 26.7 Å². The highest BCUT2D eigenvalue weighted by Gasteiger charge is 2.26. The van der Waals surface area contributed by atoms with Crippen LogP contribution in [0.15, 0.2) is 0 Å². The fourth-order valence-corrected chi connectivity index (χ4v) is 1.12. The molecule has 17 heavy (non-hydrogen) atoms. The zero-order chi connectivity index (χ0) is 13.0. The largest absolute Gasteiger partial charge is 0.480 e. The van der Waals surface area contributed by atoms with Gasteiger partial charge in [0.25, 0.3) is 0 Å². The number of carboxylic acid groups (broad SMARTS) is 1. The average Bonchev–Trinajstić information content (AvgIpc) is 3.00. The molecule has 0 radical (unpaired) electrons. The molecule has 0 aromatic rings. The van der Waals surface area contributed by atoms with Crippen LogP contribution >= 0.6 is 0 Å². The fraction of sp³-hybridized carbons (Fsp3) is 0.700. The van der Waals surface area contributed by atoms with Crippen LogP contribution in [0, 0.1) is 0 Å². The zero-order valence-corrected chi connectivity index (χ0v) is 9.82. The van der Waals surface area contributed by atoms with E-state index in [-0.39, 0.29) is 11.9 Å². The Balaban J connectivity index is 2.28. The molecule has 0 bridgehead atoms. The topological polar surface area (TPSA) is 108 Å². The monoisotopic (exact) mass is 243 g/mol. The van der Waals surface area contributed by atoms with Gasteiger partial charge in [-0.2, -0.15) is 0 Å². The van der Waals surface area contributed by atoms with Gasteiger partial charge in [0.05, 0.1) is 0 Å². The van der Waals surface area contributed by atoms with Crippen LogP contribution in [0.5, 0.6) is 0 Å². The van der Waals surface area contributed by atoms with E-state index in [1.165, 1.54) is 6.92 Å². The summed E-state index contributed by atoms with van der Waals surface area (Å²) in [5.74, 6) is -1.39. The zero-order valence-electron chi connectivity index (χ0n) is 9.82. The third-order valence-corrected chi connectivity index (χ3v) is 2.38. The molecule has 1 aliphatic carbocycles. The van der Waals surface area contributed by atoms with E-state index in [0.717, 1.165) is 12.8 Å². The predicted octanol–water partition coefficient (Wildman–Crippen LogP) is -0.574. The van der Waals surface area contributed by atoms with E-state index < -0.39 is 24.1 Å². The molecular formula is C10H17N3O4. The number of amides is 3. The van der Waals surface area contributed by atoms with Gasteiger partial charge in [-0.15, -0.1) is 0 Å². The number of carbonyl (C=O) groups excluding carboxylic acids is 2. The molecule has 7 heteroatoms. The summed E-state index contributed by atoms with van der Waals surface area (Å²) in [5.41, 5.74) is 0. The van der Waals surface area contributed by atoms with E-state index in [1.54, 1.807) is 6.92 Å². The molecule has 0 aliphatic heterocycles. The summed E-state index contributed by atoms with van der Waals surface area (Å²) in [4.78, 5) is 33.3. The number of carboxylic acids is 1. The van der Waals surface area contributed by atoms with Crippen LogP contribution in [0.25, 0.3) is 0 Å². The van der Waals surface area contributed by atoms with E-state index in [2.05, 4.69) is 16.0 Å². The molecule has 0 saturated heterocycles. The van der Waals surface area contributed by atoms with Crippen molar-refractivity contribution in [1.82, 2.24) is 16.0 Å². The van der Waals surface area contributed by atoms with Gasteiger partial charge in [-0.3, -0.25) is 9.59 Å². The molecular weight excluding hydrogens is 226 g/mol. The Morgan fingerprint density at radius 1 is 1.12 bits per heavy atom. The van der Waals surface area contributed by atoms with E-state index in [9.17, 15) is 14.4 Å². The van der Waals surface area contributed by atoms with Crippen molar-refractivity contribution in [3.8, 4) is 0 Å². The Bertz CT molecular complexity index is 328. The molecule has 4 N–H and O–H groups in total. The van der Waals surface area contributed by atoms with Crippen molar-refractivity contribution in [3.63, 3.8) is 0 Å². The molecule has 2 atom stereocenters. The van der Waals surface area contributed by atoms with Gasteiger partial charge < -0.3 is 21.1 Å². The second-order valence-electron chi connectivity index (χ2n) is 4.18. The summed E-state index contributed by atoms with van der Waals surface area (Å²) in [6.45, 7) is 2.89. The minimum Gasteiger partial charge on any atom is -0.480 e. The maximum Gasteiger partial charge on any atom is 0.325 e. The van der Waals surface area contributed by atoms with E-state index in [1.807, 2.05) is 0 Å². The predicted molar refractivity (Wildman–Crippen MR) is 59.4 cm³/mol. The minimum absolute atomic E-state index is 0.229. The lowest BCUT2D eigenvalue weighted by Gasteiger charge is -2.15. The molecule has 7 nitrogen and oxygen atoms in total. The van der Waals surface area contributed by atoms with Crippen LogP contribution in [0.4, 0.5) is 4.79 Å². The Labute approximate surface area is 98.9 Å². The number of hydrogen-bond acceptors (Lipinski definition) is 3. The smallest absolute Gasteiger partial charge is 0.325 e. The lowest BCUT2D eigenvalue weighted by atomic mass is 10.3. The molecule has 0 heterocycles. The summed E-state index contributed by atoms with van der Waals surface area (Å²) in [6.07, 6.45) is 1.95. The highest BCUT2D eigenvalue weighted by atomic mass is 16.4. The Morgan fingerprint density at radius 3 is 2.12 bits per heavy atom. The van der Waals surface area contributed by atoms with Crippen LogP contribution < -0.4 is 16.0 Å². The van der Waals surface area contributed by atoms with Crippen molar-refractivity contribution in [3.05, 3.63) is 0 Å². The fourth-order valence-electron chi connectivity index (χ4n) is 1.12. The molecule has 0 aromatic carbocycles. The van der Waals surface area contributed by atoms with Gasteiger partial charge in [0.15, 0.2) is 0 Å². The molecule has 1 unspecified atom stereocenters. The van der Waals surface area contributed by atoms with E-state index in [4.69, 9.17) is 5.11 Å². The number of nitrogens with one attached hydrogen (secondary N) is 3. The molecule has 0 spiro atoms. The number of urea groups is 1.